The van der Waals surface area contributed by atoms with Gasteiger partial charge in [-0.2, -0.15) is 0 Å². The molecule has 0 spiro atoms. The molecule has 2 aromatic carbocycles. The first kappa shape index (κ1) is 15.6. The summed E-state index contributed by atoms with van der Waals surface area (Å²) >= 11 is 15.1. The Bertz CT molecular complexity index is 637. The van der Waals surface area contributed by atoms with Crippen molar-refractivity contribution in [2.24, 2.45) is 0 Å². The van der Waals surface area contributed by atoms with Crippen LogP contribution in [0.5, 0.6) is 5.75 Å². The van der Waals surface area contributed by atoms with Gasteiger partial charge in [-0.3, -0.25) is 0 Å². The molecule has 2 nitrogen and oxygen atoms in total. The summed E-state index contributed by atoms with van der Waals surface area (Å²) in [5.74, 6) is -0.291. The molecule has 6 heteroatoms. The van der Waals surface area contributed by atoms with E-state index in [9.17, 15) is 9.50 Å². The molecule has 0 amide bonds. The first-order valence-corrected chi connectivity index (χ1v) is 7.34. The van der Waals surface area contributed by atoms with Gasteiger partial charge in [0.2, 0.25) is 0 Å². The number of halogens is 4. The fraction of sp³-hybridized carbons (Fsp3) is 0.143. The van der Waals surface area contributed by atoms with Crippen LogP contribution >= 0.6 is 39.1 Å². The van der Waals surface area contributed by atoms with Crippen molar-refractivity contribution in [1.82, 2.24) is 5.32 Å². The predicted molar refractivity (Wildman–Crippen MR) is 82.8 cm³/mol. The van der Waals surface area contributed by atoms with Crippen LogP contribution < -0.4 is 5.32 Å². The lowest BCUT2D eigenvalue weighted by atomic mass is 10.2. The predicted octanol–water partition coefficient (Wildman–Crippen LogP) is 4.89. The second-order valence-electron chi connectivity index (χ2n) is 4.23. The van der Waals surface area contributed by atoms with E-state index in [2.05, 4.69) is 21.2 Å². The normalized spacial score (nSPS) is 10.8. The first-order valence-electron chi connectivity index (χ1n) is 5.79. The van der Waals surface area contributed by atoms with Gasteiger partial charge in [0.05, 0.1) is 5.02 Å². The van der Waals surface area contributed by atoms with Gasteiger partial charge in [0, 0.05) is 28.1 Å². The van der Waals surface area contributed by atoms with Gasteiger partial charge in [0.1, 0.15) is 11.6 Å². The van der Waals surface area contributed by atoms with Crippen molar-refractivity contribution in [3.8, 4) is 5.75 Å². The molecule has 0 saturated carbocycles. The highest BCUT2D eigenvalue weighted by Gasteiger charge is 2.08. The average molecular weight is 379 g/mol. The number of hydrogen-bond donors (Lipinski definition) is 2. The summed E-state index contributed by atoms with van der Waals surface area (Å²) in [7, 11) is 0. The minimum Gasteiger partial charge on any atom is -0.506 e. The number of phenolic OH excluding ortho intramolecular Hbond substituents is 1. The van der Waals surface area contributed by atoms with Crippen LogP contribution in [-0.4, -0.2) is 5.11 Å². The highest BCUT2D eigenvalue weighted by molar-refractivity contribution is 9.10. The van der Waals surface area contributed by atoms with E-state index in [0.717, 1.165) is 10.0 Å². The maximum atomic E-state index is 13.1. The third-order valence-corrected chi connectivity index (χ3v) is 4.03. The van der Waals surface area contributed by atoms with E-state index in [-0.39, 0.29) is 16.6 Å². The van der Waals surface area contributed by atoms with Crippen LogP contribution in [0, 0.1) is 5.82 Å². The summed E-state index contributed by atoms with van der Waals surface area (Å²) in [6.07, 6.45) is 0. The standard InChI is InChI=1S/C14H11BrCl2FNO/c15-12-2-1-11(18)4-8(12)6-19-7-9-3-10(16)5-13(17)14(9)20/h1-5,19-20H,6-7H2. The van der Waals surface area contributed by atoms with Crippen LogP contribution in [0.2, 0.25) is 10.0 Å². The molecule has 0 unspecified atom stereocenters. The Hall–Kier alpha value is -0.810. The molecule has 0 aromatic heterocycles. The van der Waals surface area contributed by atoms with Crippen LogP contribution in [0.3, 0.4) is 0 Å². The van der Waals surface area contributed by atoms with Crippen molar-refractivity contribution in [1.29, 1.82) is 0 Å². The molecule has 2 aromatic rings. The minimum atomic E-state index is -0.293. The van der Waals surface area contributed by atoms with Crippen LogP contribution in [0.1, 0.15) is 11.1 Å². The Balaban J connectivity index is 2.05. The second kappa shape index (κ2) is 6.76. The molecule has 0 fully saturated rings. The monoisotopic (exact) mass is 377 g/mol. The molecule has 0 atom stereocenters. The van der Waals surface area contributed by atoms with Gasteiger partial charge in [-0.05, 0) is 35.9 Å². The number of benzene rings is 2. The number of rotatable bonds is 4. The fourth-order valence-corrected chi connectivity index (χ4v) is 2.69. The summed E-state index contributed by atoms with van der Waals surface area (Å²) in [5.41, 5.74) is 1.38. The Labute approximate surface area is 134 Å². The first-order chi connectivity index (χ1) is 9.47. The third kappa shape index (κ3) is 3.85. The van der Waals surface area contributed by atoms with Crippen LogP contribution in [0.4, 0.5) is 4.39 Å². The van der Waals surface area contributed by atoms with E-state index in [1.54, 1.807) is 12.1 Å². The van der Waals surface area contributed by atoms with Gasteiger partial charge in [-0.1, -0.05) is 39.1 Å². The topological polar surface area (TPSA) is 32.3 Å². The molecule has 2 N–H and O–H groups in total. The molecule has 0 aliphatic heterocycles. The summed E-state index contributed by atoms with van der Waals surface area (Å²) < 4.78 is 14.0. The summed E-state index contributed by atoms with van der Waals surface area (Å²) in [5, 5.41) is 13.6. The largest absolute Gasteiger partial charge is 0.506 e. The van der Waals surface area contributed by atoms with Gasteiger partial charge in [0.25, 0.3) is 0 Å². The number of nitrogens with one attached hydrogen (secondary N) is 1. The van der Waals surface area contributed by atoms with E-state index in [1.165, 1.54) is 18.2 Å². The average Bonchev–Trinajstić information content (AvgIpc) is 2.39. The summed E-state index contributed by atoms with van der Waals surface area (Å²) in [4.78, 5) is 0. The van der Waals surface area contributed by atoms with Crippen LogP contribution in [0.15, 0.2) is 34.8 Å². The quantitative estimate of drug-likeness (QED) is 0.793. The van der Waals surface area contributed by atoms with Crippen molar-refractivity contribution in [3.05, 3.63) is 61.8 Å². The van der Waals surface area contributed by atoms with Crippen molar-refractivity contribution in [2.45, 2.75) is 13.1 Å². The van der Waals surface area contributed by atoms with Gasteiger partial charge in [-0.15, -0.1) is 0 Å². The molecule has 20 heavy (non-hydrogen) atoms. The van der Waals surface area contributed by atoms with Crippen LogP contribution in [0.25, 0.3) is 0 Å². The maximum absolute atomic E-state index is 13.1. The van der Waals surface area contributed by atoms with Crippen molar-refractivity contribution in [3.63, 3.8) is 0 Å². The zero-order chi connectivity index (χ0) is 14.7. The Morgan fingerprint density at radius 2 is 1.80 bits per heavy atom. The van der Waals surface area contributed by atoms with E-state index in [1.807, 2.05) is 0 Å². The SMILES string of the molecule is Oc1c(Cl)cc(Cl)cc1CNCc1cc(F)ccc1Br. The van der Waals surface area contributed by atoms with E-state index in [0.29, 0.717) is 23.7 Å². The molecule has 106 valence electrons. The lowest BCUT2D eigenvalue weighted by Crippen LogP contribution is -2.13. The third-order valence-electron chi connectivity index (χ3n) is 2.75. The molecule has 2 rings (SSSR count). The molecule has 0 saturated heterocycles. The fourth-order valence-electron chi connectivity index (χ4n) is 1.76. The minimum absolute atomic E-state index is 0.00174. The second-order valence-corrected chi connectivity index (χ2v) is 5.93. The molecular formula is C14H11BrCl2FNO. The van der Waals surface area contributed by atoms with E-state index in [4.69, 9.17) is 23.2 Å². The highest BCUT2D eigenvalue weighted by atomic mass is 79.9. The molecule has 0 bridgehead atoms. The molecule has 0 aliphatic carbocycles. The highest BCUT2D eigenvalue weighted by Crippen LogP contribution is 2.31. The van der Waals surface area contributed by atoms with Gasteiger partial charge < -0.3 is 10.4 Å². The molecule has 0 radical (unpaired) electrons. The lowest BCUT2D eigenvalue weighted by Gasteiger charge is -2.10. The number of aromatic hydroxyl groups is 1. The van der Waals surface area contributed by atoms with E-state index < -0.39 is 0 Å². The summed E-state index contributed by atoms with van der Waals surface area (Å²) in [6.45, 7) is 0.816. The van der Waals surface area contributed by atoms with Crippen molar-refractivity contribution < 1.29 is 9.50 Å². The molecule has 0 heterocycles. The van der Waals surface area contributed by atoms with Crippen molar-refractivity contribution >= 4 is 39.1 Å². The number of hydrogen-bond acceptors (Lipinski definition) is 2. The maximum Gasteiger partial charge on any atom is 0.138 e. The van der Waals surface area contributed by atoms with Crippen LogP contribution in [-0.2, 0) is 13.1 Å². The smallest absolute Gasteiger partial charge is 0.138 e. The lowest BCUT2D eigenvalue weighted by molar-refractivity contribution is 0.464. The molecular weight excluding hydrogens is 368 g/mol. The van der Waals surface area contributed by atoms with Gasteiger partial charge in [-0.25, -0.2) is 4.39 Å². The zero-order valence-electron chi connectivity index (χ0n) is 10.3. The Kier molecular flexibility index (Phi) is 5.27. The number of phenols is 1. The Morgan fingerprint density at radius 1 is 1.10 bits per heavy atom. The zero-order valence-corrected chi connectivity index (χ0v) is 13.4. The Morgan fingerprint density at radius 3 is 2.55 bits per heavy atom. The molecule has 0 aliphatic rings. The van der Waals surface area contributed by atoms with E-state index >= 15 is 0 Å². The van der Waals surface area contributed by atoms with Gasteiger partial charge >= 0.3 is 0 Å². The summed E-state index contributed by atoms with van der Waals surface area (Å²) in [6, 6.07) is 7.60. The van der Waals surface area contributed by atoms with Gasteiger partial charge in [0.15, 0.2) is 0 Å². The van der Waals surface area contributed by atoms with Crippen molar-refractivity contribution in [2.75, 3.05) is 0 Å².